The van der Waals surface area contributed by atoms with E-state index >= 15 is 0 Å². The first-order valence-electron chi connectivity index (χ1n) is 13.2. The van der Waals surface area contributed by atoms with Gasteiger partial charge in [-0.3, -0.25) is 9.59 Å². The van der Waals surface area contributed by atoms with E-state index in [2.05, 4.69) is 10.2 Å². The summed E-state index contributed by atoms with van der Waals surface area (Å²) in [4.78, 5) is 31.9. The fourth-order valence-electron chi connectivity index (χ4n) is 5.40. The van der Waals surface area contributed by atoms with Crippen molar-refractivity contribution < 1.29 is 14.0 Å². The maximum absolute atomic E-state index is 14.4. The van der Waals surface area contributed by atoms with Crippen LogP contribution in [0.15, 0.2) is 82.6 Å². The second-order valence-electron chi connectivity index (χ2n) is 10.2. The van der Waals surface area contributed by atoms with Crippen LogP contribution < -0.4 is 10.2 Å². The van der Waals surface area contributed by atoms with Gasteiger partial charge in [-0.1, -0.05) is 54.2 Å². The average molecular weight is 528 g/mol. The number of nitrogens with zero attached hydrogens (tertiary/aromatic N) is 2. The third-order valence-electron chi connectivity index (χ3n) is 7.61. The summed E-state index contributed by atoms with van der Waals surface area (Å²) in [6.07, 6.45) is 5.59. The molecule has 2 amide bonds. The Morgan fingerprint density at radius 2 is 1.74 bits per heavy atom. The van der Waals surface area contributed by atoms with Gasteiger partial charge in [0.25, 0.3) is 11.8 Å². The Bertz CT molecular complexity index is 1380. The van der Waals surface area contributed by atoms with Crippen molar-refractivity contribution in [3.05, 3.63) is 100 Å². The molecule has 0 spiro atoms. The highest BCUT2D eigenvalue weighted by Crippen LogP contribution is 2.43. The van der Waals surface area contributed by atoms with Gasteiger partial charge in [0.05, 0.1) is 17.1 Å². The van der Waals surface area contributed by atoms with Gasteiger partial charge >= 0.3 is 0 Å². The van der Waals surface area contributed by atoms with Crippen LogP contribution in [0.2, 0.25) is 0 Å². The number of carbonyl (C=O) groups excluding carboxylic acids is 2. The summed E-state index contributed by atoms with van der Waals surface area (Å²) in [7, 11) is 0. The van der Waals surface area contributed by atoms with Gasteiger partial charge in [-0.15, -0.1) is 0 Å². The number of thioether (sulfide) groups is 1. The molecule has 2 fully saturated rings. The zero-order chi connectivity index (χ0) is 26.1. The smallest absolute Gasteiger partial charge is 0.265 e. The van der Waals surface area contributed by atoms with E-state index in [9.17, 15) is 14.0 Å². The number of amides is 2. The fourth-order valence-corrected chi connectivity index (χ4v) is 6.45. The zero-order valence-electron chi connectivity index (χ0n) is 21.1. The predicted octanol–water partition coefficient (Wildman–Crippen LogP) is 5.72. The Kier molecular flexibility index (Phi) is 7.04. The minimum absolute atomic E-state index is 0.0654. The molecule has 2 aliphatic heterocycles. The summed E-state index contributed by atoms with van der Waals surface area (Å²) >= 11 is 1.41. The van der Waals surface area contributed by atoms with Crippen LogP contribution in [0.3, 0.4) is 0 Å². The lowest BCUT2D eigenvalue weighted by atomic mass is 10.1. The molecule has 194 valence electrons. The van der Waals surface area contributed by atoms with Gasteiger partial charge in [0.1, 0.15) is 5.82 Å². The molecule has 3 aromatic carbocycles. The predicted molar refractivity (Wildman–Crippen MR) is 149 cm³/mol. The van der Waals surface area contributed by atoms with Gasteiger partial charge in [0.2, 0.25) is 0 Å². The molecule has 0 aromatic heterocycles. The second-order valence-corrected chi connectivity index (χ2v) is 11.3. The van der Waals surface area contributed by atoms with E-state index < -0.39 is 0 Å². The van der Waals surface area contributed by atoms with E-state index in [0.717, 1.165) is 16.1 Å². The van der Waals surface area contributed by atoms with Crippen molar-refractivity contribution in [2.24, 2.45) is 5.92 Å². The molecule has 2 heterocycles. The Morgan fingerprint density at radius 1 is 1.00 bits per heavy atom. The number of anilines is 1. The summed E-state index contributed by atoms with van der Waals surface area (Å²) in [5, 5.41) is 3.09. The molecule has 1 saturated carbocycles. The summed E-state index contributed by atoms with van der Waals surface area (Å²) in [5.41, 5.74) is 2.69. The average Bonchev–Trinajstić information content (AvgIpc) is 3.51. The third-order valence-corrected chi connectivity index (χ3v) is 8.69. The normalized spacial score (nSPS) is 22.0. The molecule has 1 N–H and O–H groups in total. The number of likely N-dealkylation sites (tertiary alicyclic amines) is 1. The van der Waals surface area contributed by atoms with Gasteiger partial charge in [-0.05, 0) is 80.2 Å². The van der Waals surface area contributed by atoms with E-state index in [4.69, 9.17) is 0 Å². The maximum Gasteiger partial charge on any atom is 0.265 e. The molecule has 6 rings (SSSR count). The van der Waals surface area contributed by atoms with E-state index in [0.29, 0.717) is 34.5 Å². The zero-order valence-corrected chi connectivity index (χ0v) is 21.9. The van der Waals surface area contributed by atoms with E-state index in [1.165, 1.54) is 50.2 Å². The number of para-hydroxylation sites is 1. The Balaban J connectivity index is 1.14. The third kappa shape index (κ3) is 5.26. The molecule has 1 saturated heterocycles. The lowest BCUT2D eigenvalue weighted by Gasteiger charge is -2.30. The van der Waals surface area contributed by atoms with Gasteiger partial charge < -0.3 is 15.1 Å². The highest BCUT2D eigenvalue weighted by atomic mass is 32.2. The van der Waals surface area contributed by atoms with Crippen molar-refractivity contribution >= 4 is 35.3 Å². The number of nitrogens with one attached hydrogen (secondary N) is 1. The van der Waals surface area contributed by atoms with Crippen molar-refractivity contribution in [2.45, 2.75) is 36.7 Å². The summed E-state index contributed by atoms with van der Waals surface area (Å²) in [5.74, 6) is -0.00520. The molecular formula is C31H30FN3O2S. The van der Waals surface area contributed by atoms with Gasteiger partial charge in [0.15, 0.2) is 0 Å². The highest BCUT2D eigenvalue weighted by molar-refractivity contribution is 8.04. The number of hydrogen-bond acceptors (Lipinski definition) is 4. The number of fused-ring (bicyclic) bond motifs is 1. The van der Waals surface area contributed by atoms with Crippen LogP contribution in [0.25, 0.3) is 6.08 Å². The Morgan fingerprint density at radius 3 is 2.53 bits per heavy atom. The highest BCUT2D eigenvalue weighted by Gasteiger charge is 2.42. The lowest BCUT2D eigenvalue weighted by Crippen LogP contribution is -2.34. The van der Waals surface area contributed by atoms with E-state index in [1.54, 1.807) is 35.2 Å². The SMILES string of the molecule is O=C(NCC1CC1N1CCCC1)c1ccc(/C=C2\Sc3ccccc3N(Cc3ccccc3F)C2=O)cc1. The molecule has 2 unspecified atom stereocenters. The van der Waals surface area contributed by atoms with Crippen LogP contribution in [0.5, 0.6) is 0 Å². The molecule has 0 radical (unpaired) electrons. The molecular weight excluding hydrogens is 497 g/mol. The van der Waals surface area contributed by atoms with Crippen LogP contribution in [0, 0.1) is 11.7 Å². The van der Waals surface area contributed by atoms with Gasteiger partial charge in [-0.2, -0.15) is 0 Å². The molecule has 7 heteroatoms. The quantitative estimate of drug-likeness (QED) is 0.400. The van der Waals surface area contributed by atoms with Crippen molar-refractivity contribution in [3.63, 3.8) is 0 Å². The summed E-state index contributed by atoms with van der Waals surface area (Å²) in [6, 6.07) is 22.2. The standard InChI is InChI=1S/C31H30FN3O2S/c32-25-8-2-1-7-23(25)20-35-26-9-3-4-10-28(26)38-29(31(35)37)17-21-11-13-22(14-12-21)30(36)33-19-24-18-27(24)34-15-5-6-16-34/h1-4,7-14,17,24,27H,5-6,15-16,18-20H2,(H,33,36)/b29-17-. The fraction of sp³-hybridized carbons (Fsp3) is 0.290. The van der Waals surface area contributed by atoms with Crippen LogP contribution >= 0.6 is 11.8 Å². The number of hydrogen-bond donors (Lipinski definition) is 1. The van der Waals surface area contributed by atoms with Crippen molar-refractivity contribution in [1.82, 2.24) is 10.2 Å². The maximum atomic E-state index is 14.4. The van der Waals surface area contributed by atoms with Crippen molar-refractivity contribution in [1.29, 1.82) is 0 Å². The summed E-state index contributed by atoms with van der Waals surface area (Å²) < 4.78 is 14.4. The number of carbonyl (C=O) groups is 2. The topological polar surface area (TPSA) is 52.7 Å². The lowest BCUT2D eigenvalue weighted by molar-refractivity contribution is -0.114. The molecule has 0 bridgehead atoms. The van der Waals surface area contributed by atoms with Crippen LogP contribution in [-0.4, -0.2) is 42.4 Å². The Hall–Kier alpha value is -3.42. The van der Waals surface area contributed by atoms with Crippen LogP contribution in [0.4, 0.5) is 10.1 Å². The summed E-state index contributed by atoms with van der Waals surface area (Å²) in [6.45, 7) is 3.26. The number of rotatable bonds is 7. The van der Waals surface area contributed by atoms with Crippen molar-refractivity contribution in [3.8, 4) is 0 Å². The second kappa shape index (κ2) is 10.8. The molecule has 38 heavy (non-hydrogen) atoms. The molecule has 3 aliphatic rings. The number of halogens is 1. The molecule has 2 atom stereocenters. The van der Waals surface area contributed by atoms with Gasteiger partial charge in [0, 0.05) is 28.6 Å². The van der Waals surface area contributed by atoms with Crippen molar-refractivity contribution in [2.75, 3.05) is 24.5 Å². The van der Waals surface area contributed by atoms with E-state index in [-0.39, 0.29) is 24.2 Å². The first-order valence-corrected chi connectivity index (χ1v) is 14.0. The molecule has 1 aliphatic carbocycles. The Labute approximate surface area is 226 Å². The molecule has 5 nitrogen and oxygen atoms in total. The minimum atomic E-state index is -0.330. The monoisotopic (exact) mass is 527 g/mol. The molecule has 3 aromatic rings. The number of benzene rings is 3. The minimum Gasteiger partial charge on any atom is -0.352 e. The van der Waals surface area contributed by atoms with Crippen LogP contribution in [0.1, 0.15) is 40.7 Å². The largest absolute Gasteiger partial charge is 0.352 e. The van der Waals surface area contributed by atoms with E-state index in [1.807, 2.05) is 42.5 Å². The van der Waals surface area contributed by atoms with Crippen LogP contribution in [-0.2, 0) is 11.3 Å². The first kappa shape index (κ1) is 24.9. The van der Waals surface area contributed by atoms with Gasteiger partial charge in [-0.25, -0.2) is 4.39 Å². The first-order chi connectivity index (χ1) is 18.6.